The normalized spacial score (nSPS) is 20.1. The second kappa shape index (κ2) is 7.87. The van der Waals surface area contributed by atoms with Crippen LogP contribution in [-0.2, 0) is 11.3 Å². The van der Waals surface area contributed by atoms with Crippen LogP contribution in [0.3, 0.4) is 0 Å². The lowest BCUT2D eigenvalue weighted by Crippen LogP contribution is -3.14. The third-order valence-electron chi connectivity index (χ3n) is 5.56. The lowest BCUT2D eigenvalue weighted by Gasteiger charge is -2.27. The Labute approximate surface area is 154 Å². The largest absolute Gasteiger partial charge is 0.369 e. The molecular weight excluding hydrogens is 326 g/mol. The average Bonchev–Trinajstić information content (AvgIpc) is 2.91. The molecule has 0 atom stereocenters. The van der Waals surface area contributed by atoms with Crippen molar-refractivity contribution in [1.82, 2.24) is 4.57 Å². The molecule has 1 aromatic heterocycles. The van der Waals surface area contributed by atoms with Gasteiger partial charge in [0.15, 0.2) is 0 Å². The summed E-state index contributed by atoms with van der Waals surface area (Å²) in [5.41, 5.74) is 9.58. The number of carbonyl (C=O) groups excluding carboxylic acids is 2. The van der Waals surface area contributed by atoms with Crippen molar-refractivity contribution in [3.63, 3.8) is 0 Å². The Kier molecular flexibility index (Phi) is 5.57. The SMILES string of the molecule is Cc1cc(C(=O)C[NH+]2CCC(C(N)=O)CC2)c(C)n1Cc1ccccc1. The zero-order valence-corrected chi connectivity index (χ0v) is 15.6. The Bertz CT molecular complexity index is 787. The minimum absolute atomic E-state index is 0.0233. The molecule has 0 radical (unpaired) electrons. The Morgan fingerprint density at radius 1 is 1.15 bits per heavy atom. The van der Waals surface area contributed by atoms with Gasteiger partial charge in [-0.25, -0.2) is 0 Å². The number of nitrogens with zero attached hydrogens (tertiary/aromatic N) is 1. The van der Waals surface area contributed by atoms with Crippen LogP contribution in [0.5, 0.6) is 0 Å². The Hall–Kier alpha value is -2.40. The third-order valence-corrected chi connectivity index (χ3v) is 5.56. The first-order chi connectivity index (χ1) is 12.5. The van der Waals surface area contributed by atoms with Crippen molar-refractivity contribution in [1.29, 1.82) is 0 Å². The molecule has 2 aromatic rings. The molecule has 26 heavy (non-hydrogen) atoms. The highest BCUT2D eigenvalue weighted by atomic mass is 16.1. The van der Waals surface area contributed by atoms with Gasteiger partial charge in [0.25, 0.3) is 0 Å². The maximum Gasteiger partial charge on any atom is 0.220 e. The summed E-state index contributed by atoms with van der Waals surface area (Å²) in [4.78, 5) is 25.4. The van der Waals surface area contributed by atoms with Crippen molar-refractivity contribution in [3.05, 3.63) is 58.9 Å². The van der Waals surface area contributed by atoms with Gasteiger partial charge in [-0.05, 0) is 25.5 Å². The highest BCUT2D eigenvalue weighted by Gasteiger charge is 2.28. The molecule has 1 amide bonds. The second-order valence-corrected chi connectivity index (χ2v) is 7.38. The number of likely N-dealkylation sites (tertiary alicyclic amines) is 1. The maximum absolute atomic E-state index is 12.8. The first kappa shape index (κ1) is 18.4. The summed E-state index contributed by atoms with van der Waals surface area (Å²) >= 11 is 0. The molecule has 0 spiro atoms. The molecule has 0 bridgehead atoms. The van der Waals surface area contributed by atoms with Gasteiger partial charge in [0, 0.05) is 42.3 Å². The smallest absolute Gasteiger partial charge is 0.220 e. The van der Waals surface area contributed by atoms with E-state index < -0.39 is 0 Å². The van der Waals surface area contributed by atoms with E-state index in [1.165, 1.54) is 10.5 Å². The lowest BCUT2D eigenvalue weighted by atomic mass is 9.96. The van der Waals surface area contributed by atoms with E-state index >= 15 is 0 Å². The minimum atomic E-state index is -0.208. The number of nitrogens with one attached hydrogen (secondary N) is 1. The summed E-state index contributed by atoms with van der Waals surface area (Å²) in [6.45, 7) is 7.02. The number of piperidine rings is 1. The molecule has 3 rings (SSSR count). The van der Waals surface area contributed by atoms with E-state index in [0.717, 1.165) is 49.4 Å². The van der Waals surface area contributed by atoms with Crippen LogP contribution in [0.1, 0.15) is 40.2 Å². The van der Waals surface area contributed by atoms with Crippen molar-refractivity contribution in [2.45, 2.75) is 33.2 Å². The van der Waals surface area contributed by atoms with Crippen LogP contribution in [0.25, 0.3) is 0 Å². The van der Waals surface area contributed by atoms with Crippen LogP contribution in [0.2, 0.25) is 0 Å². The molecule has 138 valence electrons. The standard InChI is InChI=1S/C21H27N3O2/c1-15-12-19(16(2)24(15)13-17-6-4-3-5-7-17)20(25)14-23-10-8-18(9-11-23)21(22)26/h3-7,12,18H,8-11,13-14H2,1-2H3,(H2,22,26)/p+1. The highest BCUT2D eigenvalue weighted by molar-refractivity contribution is 5.98. The van der Waals surface area contributed by atoms with Gasteiger partial charge in [0.1, 0.15) is 6.54 Å². The number of nitrogens with two attached hydrogens (primary N) is 1. The van der Waals surface area contributed by atoms with Crippen molar-refractivity contribution in [2.24, 2.45) is 11.7 Å². The van der Waals surface area contributed by atoms with Gasteiger partial charge in [0.05, 0.1) is 13.1 Å². The van der Waals surface area contributed by atoms with E-state index in [1.54, 1.807) is 0 Å². The van der Waals surface area contributed by atoms with E-state index in [0.29, 0.717) is 6.54 Å². The monoisotopic (exact) mass is 354 g/mol. The summed E-state index contributed by atoms with van der Waals surface area (Å²) < 4.78 is 2.21. The number of ketones is 1. The summed E-state index contributed by atoms with van der Waals surface area (Å²) in [6, 6.07) is 12.3. The van der Waals surface area contributed by atoms with E-state index in [4.69, 9.17) is 5.73 Å². The van der Waals surface area contributed by atoms with E-state index in [2.05, 4.69) is 23.6 Å². The fraction of sp³-hybridized carbons (Fsp3) is 0.429. The number of Topliss-reactive ketones (excluding diaryl/α,β-unsaturated/α-hetero) is 1. The van der Waals surface area contributed by atoms with Crippen LogP contribution >= 0.6 is 0 Å². The minimum Gasteiger partial charge on any atom is -0.369 e. The van der Waals surface area contributed by atoms with Crippen LogP contribution in [-0.4, -0.2) is 35.9 Å². The van der Waals surface area contributed by atoms with Crippen LogP contribution < -0.4 is 10.6 Å². The summed E-state index contributed by atoms with van der Waals surface area (Å²) in [6.07, 6.45) is 1.57. The van der Waals surface area contributed by atoms with Crippen LogP contribution in [0.15, 0.2) is 36.4 Å². The molecule has 1 saturated heterocycles. The fourth-order valence-electron chi connectivity index (χ4n) is 3.90. The molecule has 0 aliphatic carbocycles. The summed E-state index contributed by atoms with van der Waals surface area (Å²) in [5.74, 6) is -0.0467. The fourth-order valence-corrected chi connectivity index (χ4v) is 3.90. The van der Waals surface area contributed by atoms with Gasteiger partial charge >= 0.3 is 0 Å². The number of quaternary nitrogens is 1. The third kappa shape index (κ3) is 4.05. The van der Waals surface area contributed by atoms with Crippen molar-refractivity contribution < 1.29 is 14.5 Å². The topological polar surface area (TPSA) is 69.5 Å². The number of carbonyl (C=O) groups is 2. The summed E-state index contributed by atoms with van der Waals surface area (Å²) in [5, 5.41) is 0. The summed E-state index contributed by atoms with van der Waals surface area (Å²) in [7, 11) is 0. The van der Waals surface area contributed by atoms with E-state index in [-0.39, 0.29) is 17.6 Å². The van der Waals surface area contributed by atoms with Gasteiger partial charge in [0.2, 0.25) is 11.7 Å². The number of primary amides is 1. The molecular formula is C21H28N3O2+. The maximum atomic E-state index is 12.8. The van der Waals surface area contributed by atoms with Crippen molar-refractivity contribution >= 4 is 11.7 Å². The number of aromatic nitrogens is 1. The van der Waals surface area contributed by atoms with Gasteiger partial charge in [-0.1, -0.05) is 30.3 Å². The predicted molar refractivity (Wildman–Crippen MR) is 101 cm³/mol. The number of hydrogen-bond acceptors (Lipinski definition) is 2. The number of rotatable bonds is 6. The van der Waals surface area contributed by atoms with Gasteiger partial charge < -0.3 is 15.2 Å². The van der Waals surface area contributed by atoms with Crippen molar-refractivity contribution in [3.8, 4) is 0 Å². The molecule has 2 heterocycles. The van der Waals surface area contributed by atoms with Gasteiger partial charge in [-0.2, -0.15) is 0 Å². The molecule has 0 saturated carbocycles. The van der Waals surface area contributed by atoms with E-state index in [1.807, 2.05) is 31.2 Å². The van der Waals surface area contributed by atoms with Crippen molar-refractivity contribution in [2.75, 3.05) is 19.6 Å². The first-order valence-electron chi connectivity index (χ1n) is 9.32. The number of aryl methyl sites for hydroxylation is 1. The molecule has 1 fully saturated rings. The average molecular weight is 354 g/mol. The Balaban J connectivity index is 1.67. The molecule has 5 heteroatoms. The Morgan fingerprint density at radius 3 is 2.42 bits per heavy atom. The first-order valence-corrected chi connectivity index (χ1v) is 9.32. The van der Waals surface area contributed by atoms with Crippen LogP contribution in [0.4, 0.5) is 0 Å². The second-order valence-electron chi connectivity index (χ2n) is 7.38. The molecule has 0 unspecified atom stereocenters. The highest BCUT2D eigenvalue weighted by Crippen LogP contribution is 2.17. The molecule has 1 aliphatic heterocycles. The van der Waals surface area contributed by atoms with Gasteiger partial charge in [-0.3, -0.25) is 9.59 Å². The predicted octanol–water partition coefficient (Wildman–Crippen LogP) is 1.12. The molecule has 3 N–H and O–H groups in total. The van der Waals surface area contributed by atoms with E-state index in [9.17, 15) is 9.59 Å². The lowest BCUT2D eigenvalue weighted by molar-refractivity contribution is -0.897. The zero-order valence-electron chi connectivity index (χ0n) is 15.6. The quantitative estimate of drug-likeness (QED) is 0.763. The molecule has 5 nitrogen and oxygen atoms in total. The number of hydrogen-bond donors (Lipinski definition) is 2. The van der Waals surface area contributed by atoms with Gasteiger partial charge in [-0.15, -0.1) is 0 Å². The number of benzene rings is 1. The van der Waals surface area contributed by atoms with Crippen LogP contribution in [0, 0.1) is 19.8 Å². The Morgan fingerprint density at radius 2 is 1.81 bits per heavy atom. The molecule has 1 aromatic carbocycles. The zero-order chi connectivity index (χ0) is 18.7. The molecule has 1 aliphatic rings. The number of amides is 1.